The number of rotatable bonds is 28. The highest BCUT2D eigenvalue weighted by molar-refractivity contribution is 6.08. The van der Waals surface area contributed by atoms with Gasteiger partial charge in [0.05, 0.1) is 64.9 Å². The molecule has 6 atom stereocenters. The van der Waals surface area contributed by atoms with Crippen molar-refractivity contribution in [1.29, 1.82) is 0 Å². The highest BCUT2D eigenvalue weighted by Gasteiger charge is 2.49. The van der Waals surface area contributed by atoms with E-state index < -0.39 is 55.3 Å². The van der Waals surface area contributed by atoms with Crippen LogP contribution >= 0.6 is 0 Å². The molecule has 4 aromatic carbocycles. The van der Waals surface area contributed by atoms with E-state index in [0.717, 1.165) is 73.6 Å². The molecular formula is C91H106N12O19. The van der Waals surface area contributed by atoms with E-state index in [-0.39, 0.29) is 86.2 Å². The lowest BCUT2D eigenvalue weighted by Gasteiger charge is -2.42. The molecule has 5 N–H and O–H groups in total. The second-order valence-electron chi connectivity index (χ2n) is 31.3. The standard InChI is InChI=1S/C46H54N6O9.C45H52N6O10/c1-6-20-60-46(57)52-38-26-40(29(2)23-35(38)44(56)51-19-9-7-12-36(51)45(52)61-42-14-8-10-21-59-42)58-22-11-13-41(54)47-34-25-39(50(5)28-34)43(55)48-33-17-15-31(16-18-33)32-24-37(30(3)53)49(4)27-32;1-5-19-60-45(57)51-35-25-38(28(2)22-33(35)42(54)50-18-8-6-11-34(50)43(51)61-40-13-7-9-20-59-40)58-21-10-12-39(52)46-32-24-36(49(4)27-32)41(53)47-31-16-14-29(15-17-31)30-23-37(44(55)56)48(3)26-30/h6,15-18,23-28,36,42,45H,1,7-14,19-22H2,2-5H3,(H,47,54)(H,48,55);5,14-17,22-27,34,40,43H,1,6-13,18-21H2,2-4H3,(H,46,52)(H,47,53)(H,55,56)/t36-,42?,45?;34-,40?,43?/m00/s1. The molecule has 0 spiro atoms. The van der Waals surface area contributed by atoms with E-state index in [1.54, 1.807) is 137 Å². The first kappa shape index (κ1) is 87.2. The molecule has 8 aromatic rings. The van der Waals surface area contributed by atoms with Crippen LogP contribution in [0.4, 0.5) is 43.7 Å². The number of carboxylic acids is 1. The SMILES string of the molecule is C=CCOC(=O)N1c2cc(OCCCC(=O)Nc3cc(C(=O)Nc4ccc(-c5cc(C(=O)O)n(C)c5)cc4)n(C)c3)c(C)cc2C(=O)N2CCCC[C@H]2C1OC1CCCCO1.C=CCOC(=O)N1c2cc(OCCCC(=O)Nc3cc(C(=O)Nc4ccc(-c5cc(C(C)=O)n(C)c5)cc4)n(C)c3)c(C)cc2C(=O)N2CCCC[C@H]2C1OC1CCCCO1. The van der Waals surface area contributed by atoms with Gasteiger partial charge in [-0.05, 0) is 187 Å². The number of ketones is 1. The Kier molecular flexibility index (Phi) is 28.4. The maximum atomic E-state index is 14.2. The molecule has 31 heteroatoms. The largest absolute Gasteiger partial charge is 0.493 e. The summed E-state index contributed by atoms with van der Waals surface area (Å²) in [4.78, 5) is 138. The fourth-order valence-corrected chi connectivity index (χ4v) is 16.3. The topological polar surface area (TPSA) is 346 Å². The maximum absolute atomic E-state index is 14.2. The van der Waals surface area contributed by atoms with Crippen LogP contribution < -0.4 is 40.5 Å². The molecule has 10 heterocycles. The summed E-state index contributed by atoms with van der Waals surface area (Å²) in [6.45, 7) is 15.1. The van der Waals surface area contributed by atoms with Gasteiger partial charge in [0, 0.05) is 134 Å². The van der Waals surface area contributed by atoms with E-state index >= 15 is 0 Å². The lowest BCUT2D eigenvalue weighted by molar-refractivity contribution is -0.199. The number of aromatic carboxylic acids is 1. The quantitative estimate of drug-likeness (QED) is 0.0173. The van der Waals surface area contributed by atoms with Crippen LogP contribution in [0.5, 0.6) is 11.5 Å². The van der Waals surface area contributed by atoms with E-state index in [1.807, 2.05) is 55.1 Å². The summed E-state index contributed by atoms with van der Waals surface area (Å²) in [7, 11) is 6.93. The Labute approximate surface area is 707 Å². The van der Waals surface area contributed by atoms with E-state index in [0.29, 0.717) is 150 Å². The maximum Gasteiger partial charge on any atom is 0.416 e. The highest BCUT2D eigenvalue weighted by atomic mass is 16.7. The second kappa shape index (κ2) is 39.7. The number of aryl methyl sites for hydroxylation is 6. The van der Waals surface area contributed by atoms with Gasteiger partial charge in [0.2, 0.25) is 11.8 Å². The van der Waals surface area contributed by atoms with Crippen LogP contribution in [0.25, 0.3) is 22.3 Å². The van der Waals surface area contributed by atoms with Crippen molar-refractivity contribution in [1.82, 2.24) is 28.1 Å². The van der Waals surface area contributed by atoms with Crippen molar-refractivity contribution < 1.29 is 90.9 Å². The zero-order valence-corrected chi connectivity index (χ0v) is 69.9. The molecule has 6 aliphatic rings. The van der Waals surface area contributed by atoms with Crippen LogP contribution in [-0.2, 0) is 66.2 Å². The van der Waals surface area contributed by atoms with Crippen molar-refractivity contribution in [3.63, 3.8) is 0 Å². The van der Waals surface area contributed by atoms with Crippen LogP contribution in [-0.4, -0.2) is 182 Å². The molecule has 0 aliphatic carbocycles. The summed E-state index contributed by atoms with van der Waals surface area (Å²) in [5.41, 5.74) is 9.60. The third kappa shape index (κ3) is 20.5. The second-order valence-corrected chi connectivity index (χ2v) is 31.3. The molecule has 4 fully saturated rings. The van der Waals surface area contributed by atoms with Crippen molar-refractivity contribution in [3.8, 4) is 33.8 Å². The third-order valence-electron chi connectivity index (χ3n) is 22.5. The lowest BCUT2D eigenvalue weighted by atomic mass is 10.00. The Balaban J connectivity index is 0.000000210. The van der Waals surface area contributed by atoms with E-state index in [2.05, 4.69) is 34.4 Å². The third-order valence-corrected chi connectivity index (χ3v) is 22.5. The minimum absolute atomic E-state index is 0.0165. The first-order valence-corrected chi connectivity index (χ1v) is 41.5. The number of Topliss-reactive ketones (excluding diaryl/α,β-unsaturated/α-hetero) is 1. The smallest absolute Gasteiger partial charge is 0.416 e. The summed E-state index contributed by atoms with van der Waals surface area (Å²) in [6.07, 6.45) is 16.5. The molecule has 4 saturated heterocycles. The first-order valence-electron chi connectivity index (χ1n) is 41.5. The molecule has 0 saturated carbocycles. The molecular weight excluding hydrogens is 1570 g/mol. The Bertz CT molecular complexity index is 4900. The average molecular weight is 1670 g/mol. The van der Waals surface area contributed by atoms with Crippen molar-refractivity contribution in [2.24, 2.45) is 28.2 Å². The van der Waals surface area contributed by atoms with Crippen molar-refractivity contribution in [2.75, 3.05) is 83.8 Å². The summed E-state index contributed by atoms with van der Waals surface area (Å²) >= 11 is 0. The van der Waals surface area contributed by atoms with E-state index in [9.17, 15) is 53.1 Å². The molecule has 0 radical (unpaired) electrons. The zero-order valence-electron chi connectivity index (χ0n) is 69.9. The number of piperidine rings is 2. The summed E-state index contributed by atoms with van der Waals surface area (Å²) in [5, 5.41) is 20.9. The van der Waals surface area contributed by atoms with Crippen LogP contribution in [0.2, 0.25) is 0 Å². The fourth-order valence-electron chi connectivity index (χ4n) is 16.3. The predicted molar refractivity (Wildman–Crippen MR) is 457 cm³/mol. The Morgan fingerprint density at radius 2 is 0.877 bits per heavy atom. The molecule has 6 aliphatic heterocycles. The van der Waals surface area contributed by atoms with Crippen molar-refractivity contribution in [3.05, 3.63) is 192 Å². The highest BCUT2D eigenvalue weighted by Crippen LogP contribution is 2.43. The number of aromatic nitrogens is 4. The Morgan fingerprint density at radius 3 is 1.25 bits per heavy atom. The van der Waals surface area contributed by atoms with E-state index in [4.69, 9.17) is 37.9 Å². The predicted octanol–water partition coefficient (Wildman–Crippen LogP) is 14.7. The monoisotopic (exact) mass is 1670 g/mol. The van der Waals surface area contributed by atoms with Gasteiger partial charge < -0.3 is 92.3 Å². The molecule has 4 aromatic heterocycles. The number of hydrogen-bond acceptors (Lipinski definition) is 18. The number of anilines is 6. The summed E-state index contributed by atoms with van der Waals surface area (Å²) in [6, 6.07) is 27.1. The average Bonchev–Trinajstić information content (AvgIpc) is 1.60. The molecule has 644 valence electrons. The van der Waals surface area contributed by atoms with Gasteiger partial charge in [0.25, 0.3) is 23.6 Å². The molecule has 0 bridgehead atoms. The number of benzene rings is 4. The van der Waals surface area contributed by atoms with Gasteiger partial charge in [-0.3, -0.25) is 33.6 Å². The van der Waals surface area contributed by atoms with Crippen LogP contribution in [0.3, 0.4) is 0 Å². The van der Waals surface area contributed by atoms with Gasteiger partial charge >= 0.3 is 18.2 Å². The summed E-state index contributed by atoms with van der Waals surface area (Å²) in [5.74, 6) is -1.76. The van der Waals surface area contributed by atoms with Crippen molar-refractivity contribution in [2.45, 2.75) is 161 Å². The number of hydrogen-bond donors (Lipinski definition) is 5. The Hall–Kier alpha value is -12.6. The van der Waals surface area contributed by atoms with Gasteiger partial charge in [0.1, 0.15) is 41.8 Å². The van der Waals surface area contributed by atoms with Gasteiger partial charge in [-0.15, -0.1) is 0 Å². The molecule has 122 heavy (non-hydrogen) atoms. The summed E-state index contributed by atoms with van der Waals surface area (Å²) < 4.78 is 55.3. The van der Waals surface area contributed by atoms with Gasteiger partial charge in [-0.1, -0.05) is 49.6 Å². The Morgan fingerprint density at radius 1 is 0.475 bits per heavy atom. The number of carbonyl (C=O) groups is 10. The number of ether oxygens (including phenoxy) is 8. The number of nitrogens with zero attached hydrogens (tertiary/aromatic N) is 8. The van der Waals surface area contributed by atoms with Crippen LogP contribution in [0, 0.1) is 13.8 Å². The van der Waals surface area contributed by atoms with Gasteiger partial charge in [-0.2, -0.15) is 0 Å². The normalized spacial score (nSPS) is 18.7. The van der Waals surface area contributed by atoms with Crippen LogP contribution in [0.1, 0.15) is 183 Å². The number of carboxylic acid groups (broad SMARTS) is 1. The number of carbonyl (C=O) groups excluding carboxylic acids is 9. The van der Waals surface area contributed by atoms with Gasteiger partial charge in [-0.25, -0.2) is 24.2 Å². The number of nitrogens with one attached hydrogen (secondary N) is 4. The molecule has 4 unspecified atom stereocenters. The minimum Gasteiger partial charge on any atom is -0.493 e. The van der Waals surface area contributed by atoms with E-state index in [1.165, 1.54) is 28.9 Å². The fraction of sp³-hybridized carbons (Fsp3) is 0.407. The number of amides is 8. The first-order chi connectivity index (χ1) is 58.8. The van der Waals surface area contributed by atoms with Crippen molar-refractivity contribution >= 4 is 93.5 Å². The lowest BCUT2D eigenvalue weighted by Crippen LogP contribution is -2.57. The molecule has 8 amide bonds. The zero-order chi connectivity index (χ0) is 86.4. The minimum atomic E-state index is -1.02. The molecule has 31 nitrogen and oxygen atoms in total. The number of fused-ring (bicyclic) bond motifs is 4. The molecule has 14 rings (SSSR count). The van der Waals surface area contributed by atoms with Gasteiger partial charge in [0.15, 0.2) is 30.8 Å². The van der Waals surface area contributed by atoms with Crippen LogP contribution in [0.15, 0.2) is 147 Å².